The minimum atomic E-state index is -0.167. The van der Waals surface area contributed by atoms with E-state index in [1.807, 2.05) is 6.92 Å². The van der Waals surface area contributed by atoms with Gasteiger partial charge < -0.3 is 10.9 Å². The Bertz CT molecular complexity index is 209. The minimum absolute atomic E-state index is 0.167. The molecule has 0 spiro atoms. The first kappa shape index (κ1) is 7.08. The van der Waals surface area contributed by atoms with Gasteiger partial charge in [0.25, 0.3) is 0 Å². The SMILES string of the molecule is CCC(N)c1nccn1O. The topological polar surface area (TPSA) is 64.1 Å². The molecule has 0 amide bonds. The van der Waals surface area contributed by atoms with Crippen molar-refractivity contribution in [1.29, 1.82) is 0 Å². The van der Waals surface area contributed by atoms with Gasteiger partial charge in [-0.3, -0.25) is 0 Å². The van der Waals surface area contributed by atoms with Crippen LogP contribution in [0, 0.1) is 0 Å². The Kier molecular flexibility index (Phi) is 1.91. The summed E-state index contributed by atoms with van der Waals surface area (Å²) in [4.78, 5) is 3.87. The molecule has 1 aromatic rings. The molecular formula is C6H11N3O. The molecule has 4 nitrogen and oxygen atoms in total. The van der Waals surface area contributed by atoms with E-state index in [-0.39, 0.29) is 6.04 Å². The van der Waals surface area contributed by atoms with Gasteiger partial charge in [0.2, 0.25) is 0 Å². The molecule has 0 radical (unpaired) electrons. The summed E-state index contributed by atoms with van der Waals surface area (Å²) in [5.41, 5.74) is 5.60. The van der Waals surface area contributed by atoms with Crippen molar-refractivity contribution in [3.8, 4) is 0 Å². The monoisotopic (exact) mass is 141 g/mol. The van der Waals surface area contributed by atoms with Gasteiger partial charge >= 0.3 is 0 Å². The molecule has 56 valence electrons. The predicted octanol–water partition coefficient (Wildman–Crippen LogP) is 0.530. The lowest BCUT2D eigenvalue weighted by molar-refractivity contribution is 0.170. The maximum atomic E-state index is 9.03. The van der Waals surface area contributed by atoms with Gasteiger partial charge in [-0.15, -0.1) is 0 Å². The molecule has 1 rings (SSSR count). The number of aromatic nitrogens is 2. The fourth-order valence-corrected chi connectivity index (χ4v) is 0.757. The molecule has 0 aliphatic heterocycles. The highest BCUT2D eigenvalue weighted by Gasteiger charge is 2.08. The van der Waals surface area contributed by atoms with E-state index in [9.17, 15) is 0 Å². The van der Waals surface area contributed by atoms with Crippen molar-refractivity contribution in [2.24, 2.45) is 5.73 Å². The van der Waals surface area contributed by atoms with E-state index < -0.39 is 0 Å². The third kappa shape index (κ3) is 1.11. The highest BCUT2D eigenvalue weighted by atomic mass is 16.5. The van der Waals surface area contributed by atoms with Gasteiger partial charge in [0, 0.05) is 6.20 Å². The molecule has 0 aliphatic rings. The Morgan fingerprint density at radius 2 is 2.60 bits per heavy atom. The summed E-state index contributed by atoms with van der Waals surface area (Å²) in [5.74, 6) is 0.516. The summed E-state index contributed by atoms with van der Waals surface area (Å²) in [7, 11) is 0. The van der Waals surface area contributed by atoms with Crippen molar-refractivity contribution < 1.29 is 5.21 Å². The van der Waals surface area contributed by atoms with Crippen LogP contribution >= 0.6 is 0 Å². The molecule has 0 aliphatic carbocycles. The molecule has 3 N–H and O–H groups in total. The van der Waals surface area contributed by atoms with Gasteiger partial charge in [0.05, 0.1) is 12.2 Å². The molecule has 1 atom stereocenters. The zero-order valence-corrected chi connectivity index (χ0v) is 5.86. The molecule has 1 unspecified atom stereocenters. The maximum Gasteiger partial charge on any atom is 0.161 e. The standard InChI is InChI=1S/C6H11N3O/c1-2-5(7)6-8-3-4-9(6)10/h3-5,10H,2,7H2,1H3. The third-order valence-corrected chi connectivity index (χ3v) is 1.42. The molecular weight excluding hydrogens is 130 g/mol. The van der Waals surface area contributed by atoms with Crippen molar-refractivity contribution in [3.63, 3.8) is 0 Å². The second-order valence-corrected chi connectivity index (χ2v) is 2.14. The molecule has 0 fully saturated rings. The maximum absolute atomic E-state index is 9.03. The van der Waals surface area contributed by atoms with E-state index in [2.05, 4.69) is 4.98 Å². The van der Waals surface area contributed by atoms with Crippen molar-refractivity contribution in [2.45, 2.75) is 19.4 Å². The van der Waals surface area contributed by atoms with E-state index >= 15 is 0 Å². The van der Waals surface area contributed by atoms with Crippen molar-refractivity contribution in [2.75, 3.05) is 0 Å². The largest absolute Gasteiger partial charge is 0.427 e. The van der Waals surface area contributed by atoms with Gasteiger partial charge in [-0.1, -0.05) is 6.92 Å². The first-order valence-electron chi connectivity index (χ1n) is 3.23. The van der Waals surface area contributed by atoms with Gasteiger partial charge in [-0.25, -0.2) is 4.98 Å². The molecule has 1 aromatic heterocycles. The van der Waals surface area contributed by atoms with Crippen molar-refractivity contribution in [1.82, 2.24) is 9.71 Å². The molecule has 4 heteroatoms. The molecule has 0 bridgehead atoms. The van der Waals surface area contributed by atoms with E-state index in [1.54, 1.807) is 0 Å². The Balaban J connectivity index is 2.82. The Morgan fingerprint density at radius 3 is 3.00 bits per heavy atom. The summed E-state index contributed by atoms with van der Waals surface area (Å²) in [6.07, 6.45) is 3.76. The van der Waals surface area contributed by atoms with Crippen LogP contribution in [0.3, 0.4) is 0 Å². The lowest BCUT2D eigenvalue weighted by Gasteiger charge is -2.05. The summed E-state index contributed by atoms with van der Waals surface area (Å²) in [5, 5.41) is 9.03. The molecule has 0 saturated carbocycles. The average molecular weight is 141 g/mol. The highest BCUT2D eigenvalue weighted by molar-refractivity contribution is 4.95. The summed E-state index contributed by atoms with van der Waals surface area (Å²) in [6, 6.07) is -0.167. The number of hydrogen-bond donors (Lipinski definition) is 2. The normalized spacial score (nSPS) is 13.4. The van der Waals surface area contributed by atoms with Crippen LogP contribution in [-0.4, -0.2) is 14.9 Å². The van der Waals surface area contributed by atoms with E-state index in [0.29, 0.717) is 5.82 Å². The van der Waals surface area contributed by atoms with Gasteiger partial charge in [-0.2, -0.15) is 4.73 Å². The second-order valence-electron chi connectivity index (χ2n) is 2.14. The quantitative estimate of drug-likeness (QED) is 0.590. The van der Waals surface area contributed by atoms with E-state index in [4.69, 9.17) is 10.9 Å². The van der Waals surface area contributed by atoms with Crippen LogP contribution in [0.1, 0.15) is 25.2 Å². The smallest absolute Gasteiger partial charge is 0.161 e. The van der Waals surface area contributed by atoms with Gasteiger partial charge in [0.1, 0.15) is 0 Å². The molecule has 0 aromatic carbocycles. The van der Waals surface area contributed by atoms with Crippen LogP contribution in [0.15, 0.2) is 12.4 Å². The van der Waals surface area contributed by atoms with Crippen LogP contribution in [0.2, 0.25) is 0 Å². The fourth-order valence-electron chi connectivity index (χ4n) is 0.757. The Hall–Kier alpha value is -1.03. The highest BCUT2D eigenvalue weighted by Crippen LogP contribution is 2.08. The van der Waals surface area contributed by atoms with Crippen LogP contribution < -0.4 is 5.73 Å². The van der Waals surface area contributed by atoms with E-state index in [1.165, 1.54) is 12.4 Å². The minimum Gasteiger partial charge on any atom is -0.427 e. The zero-order chi connectivity index (χ0) is 7.56. The summed E-state index contributed by atoms with van der Waals surface area (Å²) >= 11 is 0. The van der Waals surface area contributed by atoms with Crippen molar-refractivity contribution >= 4 is 0 Å². The zero-order valence-electron chi connectivity index (χ0n) is 5.86. The molecule has 0 saturated heterocycles. The first-order valence-corrected chi connectivity index (χ1v) is 3.23. The van der Waals surface area contributed by atoms with Gasteiger partial charge in [0.15, 0.2) is 5.82 Å². The van der Waals surface area contributed by atoms with Crippen LogP contribution in [0.25, 0.3) is 0 Å². The summed E-state index contributed by atoms with van der Waals surface area (Å²) in [6.45, 7) is 1.94. The number of nitrogens with two attached hydrogens (primary N) is 1. The van der Waals surface area contributed by atoms with Gasteiger partial charge in [-0.05, 0) is 6.42 Å². The Labute approximate surface area is 59.3 Å². The van der Waals surface area contributed by atoms with E-state index in [0.717, 1.165) is 11.2 Å². The lowest BCUT2D eigenvalue weighted by atomic mass is 10.2. The molecule has 1 heterocycles. The number of hydrogen-bond acceptors (Lipinski definition) is 3. The van der Waals surface area contributed by atoms with Crippen LogP contribution in [0.4, 0.5) is 0 Å². The third-order valence-electron chi connectivity index (χ3n) is 1.42. The number of imidazole rings is 1. The Morgan fingerprint density at radius 1 is 1.90 bits per heavy atom. The summed E-state index contributed by atoms with van der Waals surface area (Å²) < 4.78 is 0.953. The average Bonchev–Trinajstić information content (AvgIpc) is 2.34. The number of nitrogens with zero attached hydrogens (tertiary/aromatic N) is 2. The first-order chi connectivity index (χ1) is 4.75. The lowest BCUT2D eigenvalue weighted by Crippen LogP contribution is -2.14. The fraction of sp³-hybridized carbons (Fsp3) is 0.500. The predicted molar refractivity (Wildman–Crippen MR) is 36.6 cm³/mol. The molecule has 10 heavy (non-hydrogen) atoms. The van der Waals surface area contributed by atoms with Crippen molar-refractivity contribution in [3.05, 3.63) is 18.2 Å². The number of rotatable bonds is 2. The van der Waals surface area contributed by atoms with Crippen LogP contribution in [0.5, 0.6) is 0 Å². The van der Waals surface area contributed by atoms with Crippen LogP contribution in [-0.2, 0) is 0 Å². The second kappa shape index (κ2) is 2.70.